The number of quaternary nitrogens is 2. The van der Waals surface area contributed by atoms with Gasteiger partial charge in [0.2, 0.25) is 11.4 Å². The molecular formula is C52H55N4OPt-. The molecule has 9 rings (SSSR count). The van der Waals surface area contributed by atoms with Crippen LogP contribution in [0.5, 0.6) is 11.5 Å². The topological polar surface area (TPSA) is 27.1 Å². The molecule has 0 amide bonds. The van der Waals surface area contributed by atoms with Crippen LogP contribution in [0.2, 0.25) is 0 Å². The van der Waals surface area contributed by atoms with Gasteiger partial charge in [0.15, 0.2) is 12.4 Å². The van der Waals surface area contributed by atoms with E-state index >= 15 is 0 Å². The molecule has 0 radical (unpaired) electrons. The van der Waals surface area contributed by atoms with E-state index in [1.54, 1.807) is 0 Å². The quantitative estimate of drug-likeness (QED) is 0.0977. The van der Waals surface area contributed by atoms with E-state index in [0.717, 1.165) is 27.9 Å². The maximum atomic E-state index is 6.73. The van der Waals surface area contributed by atoms with Crippen LogP contribution in [0.25, 0.3) is 27.6 Å². The monoisotopic (exact) mass is 946 g/mol. The summed E-state index contributed by atoms with van der Waals surface area (Å²) in [5, 5.41) is 2.30. The SMILES string of the molecule is CC(C)(C)c1cccc([N@+]23[CH-][N+]2(c2[c-]c(Oc4[c-]c5c(cc4)c4cc(C(C)(C)C)ccc4n5-c4cc(C(C)(C)C)ccn4)ccc2)c2ccc(C(C)(C)C)cc23)c1.[Pt]. The predicted molar refractivity (Wildman–Crippen MR) is 238 cm³/mol. The molecule has 2 aliphatic rings. The fourth-order valence-electron chi connectivity index (χ4n) is 8.63. The molecule has 58 heavy (non-hydrogen) atoms. The molecule has 5 nitrogen and oxygen atoms in total. The first-order valence-corrected chi connectivity index (χ1v) is 20.3. The molecule has 4 heterocycles. The maximum absolute atomic E-state index is 6.73. The Morgan fingerprint density at radius 3 is 1.88 bits per heavy atom. The number of hydrogen-bond acceptors (Lipinski definition) is 2. The van der Waals surface area contributed by atoms with E-state index in [1.165, 1.54) is 44.7 Å². The second-order valence-electron chi connectivity index (χ2n) is 20.3. The van der Waals surface area contributed by atoms with Crippen LogP contribution in [-0.4, -0.2) is 9.55 Å². The second-order valence-corrected chi connectivity index (χ2v) is 20.3. The molecule has 2 atom stereocenters. The van der Waals surface area contributed by atoms with Crippen molar-refractivity contribution in [2.45, 2.75) is 105 Å². The summed E-state index contributed by atoms with van der Waals surface area (Å²) >= 11 is 0. The molecule has 7 aromatic rings. The van der Waals surface area contributed by atoms with Crippen LogP contribution in [-0.2, 0) is 42.7 Å². The zero-order valence-corrected chi connectivity index (χ0v) is 38.3. The summed E-state index contributed by atoms with van der Waals surface area (Å²) in [5.74, 6) is 2.16. The van der Waals surface area contributed by atoms with Crippen molar-refractivity contribution in [3.8, 4) is 17.3 Å². The third kappa shape index (κ3) is 6.19. The first-order valence-electron chi connectivity index (χ1n) is 20.3. The molecule has 0 aliphatic carbocycles. The molecule has 300 valence electrons. The Balaban J connectivity index is 0.00000469. The Bertz CT molecular complexity index is 2750. The van der Waals surface area contributed by atoms with E-state index in [1.807, 2.05) is 18.3 Å². The van der Waals surface area contributed by atoms with Gasteiger partial charge in [-0.1, -0.05) is 125 Å². The van der Waals surface area contributed by atoms with Crippen LogP contribution in [0.1, 0.15) is 105 Å². The van der Waals surface area contributed by atoms with Gasteiger partial charge in [-0.15, -0.1) is 29.7 Å². The summed E-state index contributed by atoms with van der Waals surface area (Å²) in [6.07, 6.45) is 1.92. The van der Waals surface area contributed by atoms with Crippen LogP contribution in [0, 0.1) is 18.8 Å². The van der Waals surface area contributed by atoms with Crippen molar-refractivity contribution in [2.24, 2.45) is 0 Å². The first-order chi connectivity index (χ1) is 26.7. The van der Waals surface area contributed by atoms with Gasteiger partial charge >= 0.3 is 0 Å². The van der Waals surface area contributed by atoms with Crippen LogP contribution in [0.3, 0.4) is 0 Å². The fraction of sp³-hybridized carbons (Fsp3) is 0.308. The minimum absolute atomic E-state index is 0. The van der Waals surface area contributed by atoms with E-state index < -0.39 is 0 Å². The average Bonchev–Trinajstić information content (AvgIpc) is 3.64. The molecule has 1 unspecified atom stereocenters. The smallest absolute Gasteiger partial charge is 0.225 e. The number of hydrogen-bond donors (Lipinski definition) is 0. The van der Waals surface area contributed by atoms with Gasteiger partial charge in [-0.2, -0.15) is 16.7 Å². The van der Waals surface area contributed by atoms with Crippen molar-refractivity contribution < 1.29 is 25.8 Å². The summed E-state index contributed by atoms with van der Waals surface area (Å²) in [7, 11) is 0. The number of benzene rings is 5. The second kappa shape index (κ2) is 13.2. The zero-order valence-electron chi connectivity index (χ0n) is 36.0. The van der Waals surface area contributed by atoms with Gasteiger partial charge in [-0.25, -0.2) is 9.58 Å². The fourth-order valence-corrected chi connectivity index (χ4v) is 8.63. The van der Waals surface area contributed by atoms with Gasteiger partial charge in [0.1, 0.15) is 5.82 Å². The number of ether oxygens (including phenoxy) is 1. The summed E-state index contributed by atoms with van der Waals surface area (Å²) in [6, 6.07) is 45.2. The predicted octanol–water partition coefficient (Wildman–Crippen LogP) is 14.1. The van der Waals surface area contributed by atoms with E-state index in [0.29, 0.717) is 20.7 Å². The molecular weight excluding hydrogens is 892 g/mol. The van der Waals surface area contributed by atoms with Gasteiger partial charge in [0.25, 0.3) is 0 Å². The Hall–Kier alpha value is -4.54. The molecule has 2 aliphatic heterocycles. The van der Waals surface area contributed by atoms with E-state index in [2.05, 4.69) is 197 Å². The first kappa shape index (κ1) is 40.2. The third-order valence-electron chi connectivity index (χ3n) is 12.2. The molecule has 1 saturated heterocycles. The third-order valence-corrected chi connectivity index (χ3v) is 12.2. The normalized spacial score (nSPS) is 19.0. The summed E-state index contributed by atoms with van der Waals surface area (Å²) in [4.78, 5) is 4.92. The van der Waals surface area contributed by atoms with Gasteiger partial charge in [0.05, 0.1) is 5.69 Å². The molecule has 5 aromatic carbocycles. The molecule has 2 aromatic heterocycles. The number of rotatable bonds is 5. The standard InChI is InChI=1S/C52H55N4O.Pt/c1-49(2,3)34-15-13-16-38(27-34)56-33-55(56,46-24-20-36(29-47(46)56)51(7,8)9)39-17-14-18-40(31-39)57-41-21-22-42-43-28-35(50(4,5)6)19-23-44(43)54(45(42)32-41)48-30-37(25-26-53-48)52(10,11)12;/h13-30,33H,1-12H3;/q-1;/t55?,56-;/m0./s1. The number of fused-ring (bicyclic) bond motifs is 7. The van der Waals surface area contributed by atoms with Gasteiger partial charge in [-0.3, -0.25) is 0 Å². The summed E-state index contributed by atoms with van der Waals surface area (Å²) < 4.78 is 10.2. The molecule has 6 heteroatoms. The number of aromatic nitrogens is 2. The van der Waals surface area contributed by atoms with Crippen molar-refractivity contribution in [3.05, 3.63) is 150 Å². The van der Waals surface area contributed by atoms with Crippen LogP contribution in [0.15, 0.2) is 109 Å². The molecule has 0 bridgehead atoms. The van der Waals surface area contributed by atoms with Crippen molar-refractivity contribution in [2.75, 3.05) is 0 Å². The Morgan fingerprint density at radius 1 is 0.552 bits per heavy atom. The van der Waals surface area contributed by atoms with Crippen molar-refractivity contribution in [3.63, 3.8) is 0 Å². The van der Waals surface area contributed by atoms with Gasteiger partial charge in [0, 0.05) is 68.5 Å². The number of nitrogens with zero attached hydrogens (tertiary/aromatic N) is 4. The van der Waals surface area contributed by atoms with Crippen molar-refractivity contribution in [1.82, 2.24) is 18.7 Å². The summed E-state index contributed by atoms with van der Waals surface area (Å²) in [6.45, 7) is 29.7. The van der Waals surface area contributed by atoms with E-state index in [-0.39, 0.29) is 42.7 Å². The summed E-state index contributed by atoms with van der Waals surface area (Å²) in [5.41, 5.74) is 12.2. The minimum atomic E-state index is -0.0206. The molecule has 0 saturated carbocycles. The van der Waals surface area contributed by atoms with Crippen LogP contribution < -0.4 is 13.9 Å². The van der Waals surface area contributed by atoms with Gasteiger partial charge in [-0.05, 0) is 67.5 Å². The van der Waals surface area contributed by atoms with Crippen molar-refractivity contribution in [1.29, 1.82) is 0 Å². The largest absolute Gasteiger partial charge is 0.509 e. The van der Waals surface area contributed by atoms with Gasteiger partial charge < -0.3 is 9.30 Å². The molecule has 0 spiro atoms. The number of pyridine rings is 1. The Labute approximate surface area is 359 Å². The molecule has 0 N–H and O–H groups in total. The zero-order chi connectivity index (χ0) is 40.5. The van der Waals surface area contributed by atoms with Crippen LogP contribution in [0.4, 0.5) is 22.7 Å². The van der Waals surface area contributed by atoms with Crippen molar-refractivity contribution >= 4 is 44.6 Å². The maximum Gasteiger partial charge on any atom is 0.225 e. The Kier molecular flexibility index (Phi) is 9.18. The average molecular weight is 947 g/mol. The minimum Gasteiger partial charge on any atom is -0.509 e. The molecule has 1 fully saturated rings. The van der Waals surface area contributed by atoms with E-state index in [4.69, 9.17) is 9.72 Å². The van der Waals surface area contributed by atoms with Crippen LogP contribution >= 0.6 is 0 Å². The van der Waals surface area contributed by atoms with E-state index in [9.17, 15) is 0 Å². The Morgan fingerprint density at radius 2 is 1.17 bits per heavy atom.